The first kappa shape index (κ1) is 18.5. The van der Waals surface area contributed by atoms with Crippen molar-refractivity contribution in [3.8, 4) is 5.75 Å². The van der Waals surface area contributed by atoms with Crippen LogP contribution in [-0.2, 0) is 14.4 Å². The van der Waals surface area contributed by atoms with Gasteiger partial charge in [-0.3, -0.25) is 14.4 Å². The molecule has 1 saturated carbocycles. The van der Waals surface area contributed by atoms with E-state index in [2.05, 4.69) is 16.0 Å². The van der Waals surface area contributed by atoms with Crippen molar-refractivity contribution in [2.45, 2.75) is 31.8 Å². The molecule has 1 aromatic rings. The van der Waals surface area contributed by atoms with Crippen LogP contribution in [0.4, 0.5) is 0 Å². The van der Waals surface area contributed by atoms with Crippen LogP contribution in [0, 0.1) is 0 Å². The lowest BCUT2D eigenvalue weighted by atomic mass is 10.2. The molecule has 1 aliphatic carbocycles. The highest BCUT2D eigenvalue weighted by Gasteiger charge is 2.23. The summed E-state index contributed by atoms with van der Waals surface area (Å²) in [5.41, 5.74) is 0.838. The monoisotopic (exact) mass is 345 g/mol. The third-order valence-corrected chi connectivity index (χ3v) is 3.66. The molecule has 0 heterocycles. The minimum atomic E-state index is -0.734. The first-order chi connectivity index (χ1) is 12.0. The molecule has 2 rings (SSSR count). The van der Waals surface area contributed by atoms with Crippen LogP contribution in [0.3, 0.4) is 0 Å². The first-order valence-corrected chi connectivity index (χ1v) is 8.17. The molecule has 7 heteroatoms. The van der Waals surface area contributed by atoms with E-state index >= 15 is 0 Å². The molecule has 0 aliphatic heterocycles. The Labute approximate surface area is 146 Å². The minimum Gasteiger partial charge on any atom is -0.497 e. The van der Waals surface area contributed by atoms with Crippen LogP contribution in [0.5, 0.6) is 5.75 Å². The fraction of sp³-hybridized carbons (Fsp3) is 0.389. The summed E-state index contributed by atoms with van der Waals surface area (Å²) in [6.45, 7) is 1.48. The summed E-state index contributed by atoms with van der Waals surface area (Å²) in [6.07, 6.45) is 4.98. The van der Waals surface area contributed by atoms with E-state index in [1.54, 1.807) is 32.2 Å². The van der Waals surface area contributed by atoms with Crippen molar-refractivity contribution in [2.24, 2.45) is 0 Å². The van der Waals surface area contributed by atoms with E-state index in [4.69, 9.17) is 4.74 Å². The van der Waals surface area contributed by atoms with Gasteiger partial charge in [-0.05, 0) is 43.5 Å². The van der Waals surface area contributed by atoms with Gasteiger partial charge in [0, 0.05) is 12.1 Å². The van der Waals surface area contributed by atoms with Gasteiger partial charge in [-0.25, -0.2) is 0 Å². The molecular weight excluding hydrogens is 322 g/mol. The topological polar surface area (TPSA) is 96.5 Å². The lowest BCUT2D eigenvalue weighted by Gasteiger charge is -2.12. The Morgan fingerprint density at radius 3 is 2.52 bits per heavy atom. The number of nitrogens with one attached hydrogen (secondary N) is 3. The summed E-state index contributed by atoms with van der Waals surface area (Å²) in [4.78, 5) is 35.3. The number of hydrogen-bond donors (Lipinski definition) is 3. The van der Waals surface area contributed by atoms with E-state index in [0.29, 0.717) is 0 Å². The minimum absolute atomic E-state index is 0.0861. The second kappa shape index (κ2) is 8.86. The largest absolute Gasteiger partial charge is 0.497 e. The number of carbonyl (C=O) groups is 3. The third kappa shape index (κ3) is 6.66. The number of hydrogen-bond acceptors (Lipinski definition) is 4. The van der Waals surface area contributed by atoms with Crippen LogP contribution >= 0.6 is 0 Å². The Morgan fingerprint density at radius 1 is 1.24 bits per heavy atom. The van der Waals surface area contributed by atoms with Gasteiger partial charge in [0.1, 0.15) is 11.8 Å². The first-order valence-electron chi connectivity index (χ1n) is 8.17. The zero-order chi connectivity index (χ0) is 18.2. The summed E-state index contributed by atoms with van der Waals surface area (Å²) < 4.78 is 5.06. The number of amides is 3. The van der Waals surface area contributed by atoms with Gasteiger partial charge >= 0.3 is 0 Å². The average molecular weight is 345 g/mol. The van der Waals surface area contributed by atoms with Crippen LogP contribution in [0.1, 0.15) is 25.3 Å². The molecule has 3 amide bonds. The summed E-state index contributed by atoms with van der Waals surface area (Å²) in [7, 11) is 1.58. The van der Waals surface area contributed by atoms with Crippen molar-refractivity contribution in [1.29, 1.82) is 0 Å². The quantitative estimate of drug-likeness (QED) is 0.602. The second-order valence-corrected chi connectivity index (χ2v) is 5.90. The smallest absolute Gasteiger partial charge is 0.244 e. The standard InChI is InChI=1S/C18H23N3O4/c1-12(18(24)19-11-17(23)21-14-6-7-14)20-16(22)10-5-13-3-8-15(25-2)9-4-13/h3-5,8-10,12,14H,6-7,11H2,1-2H3,(H,19,24)(H,20,22)(H,21,23)/b10-5+. The maximum atomic E-state index is 11.9. The normalized spacial score (nSPS) is 14.6. The van der Waals surface area contributed by atoms with Crippen LogP contribution < -0.4 is 20.7 Å². The zero-order valence-corrected chi connectivity index (χ0v) is 14.4. The van der Waals surface area contributed by atoms with Crippen molar-refractivity contribution < 1.29 is 19.1 Å². The SMILES string of the molecule is COc1ccc(/C=C/C(=O)NC(C)C(=O)NCC(=O)NC2CC2)cc1. The Morgan fingerprint density at radius 2 is 1.92 bits per heavy atom. The maximum absolute atomic E-state index is 11.9. The van der Waals surface area contributed by atoms with Crippen molar-refractivity contribution in [3.63, 3.8) is 0 Å². The third-order valence-electron chi connectivity index (χ3n) is 3.66. The number of rotatable bonds is 8. The Hall–Kier alpha value is -2.83. The summed E-state index contributed by atoms with van der Waals surface area (Å²) >= 11 is 0. The van der Waals surface area contributed by atoms with Crippen molar-refractivity contribution >= 4 is 23.8 Å². The lowest BCUT2D eigenvalue weighted by molar-refractivity contribution is -0.128. The molecule has 7 nitrogen and oxygen atoms in total. The molecule has 0 bridgehead atoms. The predicted molar refractivity (Wildman–Crippen MR) is 93.8 cm³/mol. The summed E-state index contributed by atoms with van der Waals surface area (Å²) in [5.74, 6) is -0.274. The van der Waals surface area contributed by atoms with Crippen molar-refractivity contribution in [3.05, 3.63) is 35.9 Å². The molecule has 134 valence electrons. The molecule has 1 aromatic carbocycles. The summed E-state index contributed by atoms with van der Waals surface area (Å²) in [6, 6.07) is 6.74. The Kier molecular flexibility index (Phi) is 6.56. The molecule has 0 saturated heterocycles. The van der Waals surface area contributed by atoms with Gasteiger partial charge in [0.05, 0.1) is 13.7 Å². The molecule has 1 fully saturated rings. The van der Waals surface area contributed by atoms with Gasteiger partial charge in [-0.1, -0.05) is 12.1 Å². The highest BCUT2D eigenvalue weighted by molar-refractivity contribution is 5.96. The van der Waals surface area contributed by atoms with Gasteiger partial charge in [-0.15, -0.1) is 0 Å². The van der Waals surface area contributed by atoms with Gasteiger partial charge in [0.15, 0.2) is 0 Å². The van der Waals surface area contributed by atoms with E-state index in [-0.39, 0.29) is 24.4 Å². The van der Waals surface area contributed by atoms with Crippen molar-refractivity contribution in [1.82, 2.24) is 16.0 Å². The number of ether oxygens (including phenoxy) is 1. The number of carbonyl (C=O) groups excluding carboxylic acids is 3. The predicted octanol–water partition coefficient (Wildman–Crippen LogP) is 0.608. The van der Waals surface area contributed by atoms with E-state index in [9.17, 15) is 14.4 Å². The highest BCUT2D eigenvalue weighted by atomic mass is 16.5. The molecule has 1 unspecified atom stereocenters. The Balaban J connectivity index is 1.72. The van der Waals surface area contributed by atoms with Gasteiger partial charge in [0.2, 0.25) is 17.7 Å². The van der Waals surface area contributed by atoms with Gasteiger partial charge in [0.25, 0.3) is 0 Å². The van der Waals surface area contributed by atoms with Gasteiger partial charge in [-0.2, -0.15) is 0 Å². The fourth-order valence-electron chi connectivity index (χ4n) is 2.04. The van der Waals surface area contributed by atoms with Crippen LogP contribution in [0.25, 0.3) is 6.08 Å². The lowest BCUT2D eigenvalue weighted by Crippen LogP contribution is -2.47. The average Bonchev–Trinajstić information content (AvgIpc) is 3.42. The van der Waals surface area contributed by atoms with Crippen LogP contribution in [0.15, 0.2) is 30.3 Å². The van der Waals surface area contributed by atoms with E-state index < -0.39 is 11.9 Å². The van der Waals surface area contributed by atoms with Gasteiger partial charge < -0.3 is 20.7 Å². The summed E-state index contributed by atoms with van der Waals surface area (Å²) in [5, 5.41) is 7.83. The molecule has 3 N–H and O–H groups in total. The number of methoxy groups -OCH3 is 1. The van der Waals surface area contributed by atoms with Crippen molar-refractivity contribution in [2.75, 3.05) is 13.7 Å². The molecule has 1 aliphatic rings. The zero-order valence-electron chi connectivity index (χ0n) is 14.4. The van der Waals surface area contributed by atoms with E-state index in [1.807, 2.05) is 12.1 Å². The molecular formula is C18H23N3O4. The van der Waals surface area contributed by atoms with E-state index in [0.717, 1.165) is 24.2 Å². The fourth-order valence-corrected chi connectivity index (χ4v) is 2.04. The molecule has 0 radical (unpaired) electrons. The van der Waals surface area contributed by atoms with Crippen LogP contribution in [0.2, 0.25) is 0 Å². The van der Waals surface area contributed by atoms with E-state index in [1.165, 1.54) is 6.08 Å². The molecule has 1 atom stereocenters. The number of benzene rings is 1. The van der Waals surface area contributed by atoms with Crippen LogP contribution in [-0.4, -0.2) is 43.5 Å². The second-order valence-electron chi connectivity index (χ2n) is 5.90. The molecule has 0 spiro atoms. The Bertz CT molecular complexity index is 651. The molecule has 25 heavy (non-hydrogen) atoms. The maximum Gasteiger partial charge on any atom is 0.244 e. The highest BCUT2D eigenvalue weighted by Crippen LogP contribution is 2.18. The molecule has 0 aromatic heterocycles.